The van der Waals surface area contributed by atoms with Gasteiger partial charge in [-0.1, -0.05) is 23.7 Å². The summed E-state index contributed by atoms with van der Waals surface area (Å²) in [5.41, 5.74) is 1.84. The molecule has 0 aromatic heterocycles. The first kappa shape index (κ1) is 15.3. The zero-order chi connectivity index (χ0) is 15.2. The smallest absolute Gasteiger partial charge is 0.251 e. The van der Waals surface area contributed by atoms with E-state index in [-0.39, 0.29) is 11.7 Å². The molecular weight excluding hydrogens is 291 g/mol. The van der Waals surface area contributed by atoms with Crippen LogP contribution in [-0.4, -0.2) is 12.5 Å². The first-order valence-corrected chi connectivity index (χ1v) is 7.04. The van der Waals surface area contributed by atoms with E-state index in [2.05, 4.69) is 10.6 Å². The van der Waals surface area contributed by atoms with E-state index in [1.54, 1.807) is 30.3 Å². The van der Waals surface area contributed by atoms with Gasteiger partial charge in [0.15, 0.2) is 0 Å². The van der Waals surface area contributed by atoms with Crippen molar-refractivity contribution in [1.29, 1.82) is 0 Å². The predicted octanol–water partition coefficient (Wildman–Crippen LogP) is 3.84. The summed E-state index contributed by atoms with van der Waals surface area (Å²) in [6, 6.07) is 11.6. The molecule has 110 valence electrons. The quantitative estimate of drug-likeness (QED) is 0.881. The van der Waals surface area contributed by atoms with Gasteiger partial charge in [0.05, 0.1) is 0 Å². The van der Waals surface area contributed by atoms with Crippen molar-refractivity contribution in [3.63, 3.8) is 0 Å². The summed E-state index contributed by atoms with van der Waals surface area (Å²) >= 11 is 5.71. The van der Waals surface area contributed by atoms with Crippen LogP contribution < -0.4 is 10.6 Å². The van der Waals surface area contributed by atoms with E-state index < -0.39 is 0 Å². The van der Waals surface area contributed by atoms with Crippen LogP contribution in [0.3, 0.4) is 0 Å². The maximum atomic E-state index is 13.7. The van der Waals surface area contributed by atoms with Crippen molar-refractivity contribution in [3.05, 3.63) is 64.4 Å². The Bertz CT molecular complexity index is 646. The van der Waals surface area contributed by atoms with Crippen molar-refractivity contribution in [2.75, 3.05) is 11.9 Å². The summed E-state index contributed by atoms with van der Waals surface area (Å²) in [4.78, 5) is 11.7. The van der Waals surface area contributed by atoms with Crippen molar-refractivity contribution in [2.24, 2.45) is 0 Å². The summed E-state index contributed by atoms with van der Waals surface area (Å²) in [5, 5.41) is 6.20. The largest absolute Gasteiger partial charge is 0.381 e. The third-order valence-electron chi connectivity index (χ3n) is 2.96. The van der Waals surface area contributed by atoms with Crippen LogP contribution in [0.25, 0.3) is 0 Å². The average molecular weight is 307 g/mol. The van der Waals surface area contributed by atoms with Crippen molar-refractivity contribution >= 4 is 23.2 Å². The fourth-order valence-electron chi connectivity index (χ4n) is 1.90. The van der Waals surface area contributed by atoms with Crippen LogP contribution in [0.15, 0.2) is 42.5 Å². The van der Waals surface area contributed by atoms with Crippen LogP contribution >= 0.6 is 11.6 Å². The van der Waals surface area contributed by atoms with Gasteiger partial charge < -0.3 is 10.6 Å². The Morgan fingerprint density at radius 1 is 1.24 bits per heavy atom. The Kier molecular flexibility index (Phi) is 5.17. The zero-order valence-electron chi connectivity index (χ0n) is 11.6. The lowest BCUT2D eigenvalue weighted by Crippen LogP contribution is -2.22. The van der Waals surface area contributed by atoms with E-state index in [0.29, 0.717) is 29.2 Å². The van der Waals surface area contributed by atoms with E-state index in [4.69, 9.17) is 11.6 Å². The minimum absolute atomic E-state index is 0.126. The Labute approximate surface area is 128 Å². The molecule has 2 rings (SSSR count). The summed E-state index contributed by atoms with van der Waals surface area (Å²) < 4.78 is 13.7. The molecule has 2 aromatic carbocycles. The lowest BCUT2D eigenvalue weighted by atomic mass is 10.1. The Hall–Kier alpha value is -2.07. The van der Waals surface area contributed by atoms with Crippen molar-refractivity contribution in [3.8, 4) is 0 Å². The molecule has 21 heavy (non-hydrogen) atoms. The highest BCUT2D eigenvalue weighted by Crippen LogP contribution is 2.17. The maximum Gasteiger partial charge on any atom is 0.251 e. The molecule has 0 unspecified atom stereocenters. The number of benzene rings is 2. The van der Waals surface area contributed by atoms with Gasteiger partial charge in [-0.3, -0.25) is 4.79 Å². The van der Waals surface area contributed by atoms with Crippen LogP contribution in [0.5, 0.6) is 0 Å². The van der Waals surface area contributed by atoms with Crippen molar-refractivity contribution < 1.29 is 9.18 Å². The van der Waals surface area contributed by atoms with E-state index in [0.717, 1.165) is 5.69 Å². The maximum absolute atomic E-state index is 13.7. The number of nitrogens with one attached hydrogen (secondary N) is 2. The fourth-order valence-corrected chi connectivity index (χ4v) is 2.05. The third-order valence-corrected chi connectivity index (χ3v) is 3.20. The standard InChI is InChI=1S/C16H16ClFN2O/c1-2-19-16(21)11-4-3-5-14(8-11)20-10-12-6-7-13(17)9-15(12)18/h3-9,20H,2,10H2,1H3,(H,19,21). The fraction of sp³-hybridized carbons (Fsp3) is 0.188. The monoisotopic (exact) mass is 306 g/mol. The molecule has 0 bridgehead atoms. The van der Waals surface area contributed by atoms with Crippen LogP contribution in [0.2, 0.25) is 5.02 Å². The van der Waals surface area contributed by atoms with Gasteiger partial charge in [-0.05, 0) is 37.3 Å². The molecule has 1 amide bonds. The van der Waals surface area contributed by atoms with E-state index in [1.165, 1.54) is 6.07 Å². The van der Waals surface area contributed by atoms with Crippen LogP contribution in [0.1, 0.15) is 22.8 Å². The normalized spacial score (nSPS) is 10.2. The number of amides is 1. The average Bonchev–Trinajstić information content (AvgIpc) is 2.47. The number of halogens is 2. The van der Waals surface area contributed by atoms with E-state index in [9.17, 15) is 9.18 Å². The summed E-state index contributed by atoms with van der Waals surface area (Å²) in [6.07, 6.45) is 0. The van der Waals surface area contributed by atoms with Gasteiger partial charge in [-0.15, -0.1) is 0 Å². The number of hydrogen-bond donors (Lipinski definition) is 2. The van der Waals surface area contributed by atoms with Gasteiger partial charge in [0, 0.05) is 34.9 Å². The van der Waals surface area contributed by atoms with Crippen LogP contribution in [0, 0.1) is 5.82 Å². The molecule has 0 aliphatic carbocycles. The van der Waals surface area contributed by atoms with Gasteiger partial charge in [0.1, 0.15) is 5.82 Å². The lowest BCUT2D eigenvalue weighted by Gasteiger charge is -2.09. The number of rotatable bonds is 5. The molecule has 0 spiro atoms. The van der Waals surface area contributed by atoms with Crippen LogP contribution in [-0.2, 0) is 6.54 Å². The molecule has 0 aliphatic heterocycles. The molecule has 0 atom stereocenters. The summed E-state index contributed by atoms with van der Waals surface area (Å²) in [5.74, 6) is -0.478. The molecular formula is C16H16ClFN2O. The molecule has 0 fully saturated rings. The zero-order valence-corrected chi connectivity index (χ0v) is 12.4. The molecule has 5 heteroatoms. The first-order valence-electron chi connectivity index (χ1n) is 6.66. The Morgan fingerprint density at radius 3 is 2.76 bits per heavy atom. The Morgan fingerprint density at radius 2 is 2.05 bits per heavy atom. The first-order chi connectivity index (χ1) is 10.1. The van der Waals surface area contributed by atoms with E-state index in [1.807, 2.05) is 13.0 Å². The second kappa shape index (κ2) is 7.09. The topological polar surface area (TPSA) is 41.1 Å². The van der Waals surface area contributed by atoms with Gasteiger partial charge in [0.2, 0.25) is 0 Å². The molecule has 0 saturated carbocycles. The van der Waals surface area contributed by atoms with Crippen molar-refractivity contribution in [1.82, 2.24) is 5.32 Å². The highest BCUT2D eigenvalue weighted by Gasteiger charge is 2.06. The molecule has 0 saturated heterocycles. The number of anilines is 1. The summed E-state index contributed by atoms with van der Waals surface area (Å²) in [6.45, 7) is 2.76. The van der Waals surface area contributed by atoms with Gasteiger partial charge in [0.25, 0.3) is 5.91 Å². The molecule has 2 aromatic rings. The number of carbonyl (C=O) groups is 1. The minimum Gasteiger partial charge on any atom is -0.381 e. The van der Waals surface area contributed by atoms with Crippen LogP contribution in [0.4, 0.5) is 10.1 Å². The number of hydrogen-bond acceptors (Lipinski definition) is 2. The molecule has 2 N–H and O–H groups in total. The molecule has 0 aliphatic rings. The van der Waals surface area contributed by atoms with Gasteiger partial charge in [-0.2, -0.15) is 0 Å². The predicted molar refractivity (Wildman–Crippen MR) is 83.2 cm³/mol. The lowest BCUT2D eigenvalue weighted by molar-refractivity contribution is 0.0956. The van der Waals surface area contributed by atoms with Gasteiger partial charge in [-0.25, -0.2) is 4.39 Å². The summed E-state index contributed by atoms with van der Waals surface area (Å²) in [7, 11) is 0. The third kappa shape index (κ3) is 4.20. The second-order valence-corrected chi connectivity index (χ2v) is 4.97. The SMILES string of the molecule is CCNC(=O)c1cccc(NCc2ccc(Cl)cc2F)c1. The molecule has 0 radical (unpaired) electrons. The van der Waals surface area contributed by atoms with Crippen molar-refractivity contribution in [2.45, 2.75) is 13.5 Å². The molecule has 0 heterocycles. The van der Waals surface area contributed by atoms with E-state index >= 15 is 0 Å². The second-order valence-electron chi connectivity index (χ2n) is 4.53. The number of carbonyl (C=O) groups excluding carboxylic acids is 1. The Balaban J connectivity index is 2.06. The highest BCUT2D eigenvalue weighted by molar-refractivity contribution is 6.30. The molecule has 3 nitrogen and oxygen atoms in total. The minimum atomic E-state index is -0.352. The highest BCUT2D eigenvalue weighted by atomic mass is 35.5. The van der Waals surface area contributed by atoms with Gasteiger partial charge >= 0.3 is 0 Å².